The number of halogens is 1. The van der Waals surface area contributed by atoms with Gasteiger partial charge in [0.2, 0.25) is 11.8 Å². The summed E-state index contributed by atoms with van der Waals surface area (Å²) in [7, 11) is 0. The highest BCUT2D eigenvalue weighted by molar-refractivity contribution is 7.99. The number of thioether (sulfide) groups is 1. The van der Waals surface area contributed by atoms with E-state index in [0.717, 1.165) is 0 Å². The van der Waals surface area contributed by atoms with Gasteiger partial charge in [-0.15, -0.1) is 10.2 Å². The summed E-state index contributed by atoms with van der Waals surface area (Å²) < 4.78 is 5.48. The minimum atomic E-state index is -0.0671. The van der Waals surface area contributed by atoms with Crippen molar-refractivity contribution >= 4 is 29.3 Å². The first-order valence-electron chi connectivity index (χ1n) is 6.07. The second-order valence-electron chi connectivity index (χ2n) is 4.36. The molecule has 1 heterocycles. The number of aromatic nitrogens is 2. The van der Waals surface area contributed by atoms with Crippen LogP contribution in [0.5, 0.6) is 0 Å². The molecule has 0 saturated heterocycles. The van der Waals surface area contributed by atoms with Crippen LogP contribution in [0.3, 0.4) is 0 Å². The number of amides is 1. The smallest absolute Gasteiger partial charge is 0.277 e. The Morgan fingerprint density at radius 2 is 2.15 bits per heavy atom. The Labute approximate surface area is 126 Å². The Morgan fingerprint density at radius 3 is 2.85 bits per heavy atom. The molecule has 0 aliphatic carbocycles. The highest BCUT2D eigenvalue weighted by Gasteiger charge is 2.13. The molecule has 1 amide bonds. The maximum absolute atomic E-state index is 11.5. The lowest BCUT2D eigenvalue weighted by Crippen LogP contribution is -2.31. The van der Waals surface area contributed by atoms with Gasteiger partial charge in [0.1, 0.15) is 0 Å². The van der Waals surface area contributed by atoms with Gasteiger partial charge in [0.15, 0.2) is 0 Å². The van der Waals surface area contributed by atoms with E-state index in [4.69, 9.17) is 16.0 Å². The molecule has 1 aromatic carbocycles. The van der Waals surface area contributed by atoms with Crippen LogP contribution >= 0.6 is 23.4 Å². The van der Waals surface area contributed by atoms with Crippen molar-refractivity contribution in [2.75, 3.05) is 5.75 Å². The summed E-state index contributed by atoms with van der Waals surface area (Å²) in [6.07, 6.45) is 0. The number of rotatable bonds is 5. The Morgan fingerprint density at radius 1 is 1.40 bits per heavy atom. The molecular weight excluding hydrogens is 298 g/mol. The van der Waals surface area contributed by atoms with E-state index < -0.39 is 0 Å². The quantitative estimate of drug-likeness (QED) is 0.860. The van der Waals surface area contributed by atoms with Gasteiger partial charge in [-0.1, -0.05) is 35.5 Å². The summed E-state index contributed by atoms with van der Waals surface area (Å²) in [5.41, 5.74) is 0.681. The van der Waals surface area contributed by atoms with Crippen LogP contribution < -0.4 is 5.32 Å². The third-order valence-corrected chi connectivity index (χ3v) is 3.44. The van der Waals surface area contributed by atoms with Crippen molar-refractivity contribution in [2.24, 2.45) is 0 Å². The first-order chi connectivity index (χ1) is 9.56. The summed E-state index contributed by atoms with van der Waals surface area (Å²) >= 11 is 7.25. The lowest BCUT2D eigenvalue weighted by atomic mass is 10.2. The predicted octanol–water partition coefficient (Wildman–Crippen LogP) is 3.01. The van der Waals surface area contributed by atoms with Crippen molar-refractivity contribution in [1.29, 1.82) is 0 Å². The second-order valence-corrected chi connectivity index (χ2v) is 5.70. The molecule has 0 saturated carbocycles. The molecule has 1 aromatic heterocycles. The second kappa shape index (κ2) is 6.76. The van der Waals surface area contributed by atoms with E-state index in [2.05, 4.69) is 15.5 Å². The third kappa shape index (κ3) is 3.98. The van der Waals surface area contributed by atoms with Gasteiger partial charge in [-0.05, 0) is 26.0 Å². The molecule has 0 atom stereocenters. The fourth-order valence-corrected chi connectivity index (χ4v) is 2.29. The number of nitrogens with one attached hydrogen (secondary N) is 1. The van der Waals surface area contributed by atoms with Gasteiger partial charge in [0, 0.05) is 6.04 Å². The molecule has 5 nitrogen and oxygen atoms in total. The number of hydrogen-bond acceptors (Lipinski definition) is 5. The average molecular weight is 312 g/mol. The third-order valence-electron chi connectivity index (χ3n) is 2.29. The molecule has 0 radical (unpaired) electrons. The van der Waals surface area contributed by atoms with E-state index in [1.165, 1.54) is 11.8 Å². The number of carbonyl (C=O) groups is 1. The van der Waals surface area contributed by atoms with Gasteiger partial charge in [0.05, 0.1) is 16.3 Å². The van der Waals surface area contributed by atoms with Gasteiger partial charge in [-0.2, -0.15) is 0 Å². The molecule has 0 fully saturated rings. The normalized spacial score (nSPS) is 10.8. The highest BCUT2D eigenvalue weighted by atomic mass is 35.5. The van der Waals surface area contributed by atoms with Crippen LogP contribution in [0.25, 0.3) is 11.5 Å². The lowest BCUT2D eigenvalue weighted by Gasteiger charge is -2.06. The topological polar surface area (TPSA) is 68.0 Å². The summed E-state index contributed by atoms with van der Waals surface area (Å²) in [4.78, 5) is 11.5. The number of benzene rings is 1. The molecule has 7 heteroatoms. The van der Waals surface area contributed by atoms with Gasteiger partial charge in [-0.3, -0.25) is 4.79 Å². The fourth-order valence-electron chi connectivity index (χ4n) is 1.50. The van der Waals surface area contributed by atoms with Gasteiger partial charge >= 0.3 is 0 Å². The number of nitrogens with zero attached hydrogens (tertiary/aromatic N) is 2. The molecule has 0 aliphatic rings. The zero-order valence-electron chi connectivity index (χ0n) is 11.1. The molecule has 1 N–H and O–H groups in total. The van der Waals surface area contributed by atoms with Crippen molar-refractivity contribution in [1.82, 2.24) is 15.5 Å². The molecule has 0 aliphatic heterocycles. The minimum absolute atomic E-state index is 0.0671. The van der Waals surface area contributed by atoms with Crippen molar-refractivity contribution in [3.63, 3.8) is 0 Å². The zero-order chi connectivity index (χ0) is 14.5. The average Bonchev–Trinajstić information content (AvgIpc) is 2.85. The van der Waals surface area contributed by atoms with E-state index in [9.17, 15) is 4.79 Å². The van der Waals surface area contributed by atoms with Crippen molar-refractivity contribution in [2.45, 2.75) is 25.1 Å². The van der Waals surface area contributed by atoms with Crippen LogP contribution in [0.4, 0.5) is 0 Å². The Kier molecular flexibility index (Phi) is 5.03. The lowest BCUT2D eigenvalue weighted by molar-refractivity contribution is -0.119. The van der Waals surface area contributed by atoms with E-state index in [1.54, 1.807) is 12.1 Å². The van der Waals surface area contributed by atoms with Crippen LogP contribution in [0.15, 0.2) is 33.9 Å². The SMILES string of the molecule is CC(C)NC(=O)CSc1nnc(-c2ccccc2Cl)o1. The van der Waals surface area contributed by atoms with Crippen LogP contribution in [0.1, 0.15) is 13.8 Å². The van der Waals surface area contributed by atoms with E-state index in [1.807, 2.05) is 26.0 Å². The maximum atomic E-state index is 11.5. The molecule has 2 aromatic rings. The minimum Gasteiger partial charge on any atom is -0.411 e. The maximum Gasteiger partial charge on any atom is 0.277 e. The largest absolute Gasteiger partial charge is 0.411 e. The highest BCUT2D eigenvalue weighted by Crippen LogP contribution is 2.28. The number of carbonyl (C=O) groups excluding carboxylic acids is 1. The monoisotopic (exact) mass is 311 g/mol. The molecule has 0 unspecified atom stereocenters. The summed E-state index contributed by atoms with van der Waals surface area (Å²) in [5, 5.41) is 11.5. The van der Waals surface area contributed by atoms with E-state index in [0.29, 0.717) is 21.7 Å². The molecule has 0 bridgehead atoms. The predicted molar refractivity (Wildman–Crippen MR) is 78.7 cm³/mol. The van der Waals surface area contributed by atoms with Crippen LogP contribution in [0, 0.1) is 0 Å². The number of hydrogen-bond donors (Lipinski definition) is 1. The Balaban J connectivity index is 2.00. The molecule has 106 valence electrons. The summed E-state index contributed by atoms with van der Waals surface area (Å²) in [5.74, 6) is 0.521. The van der Waals surface area contributed by atoms with Crippen molar-refractivity contribution in [3.05, 3.63) is 29.3 Å². The van der Waals surface area contributed by atoms with Gasteiger partial charge < -0.3 is 9.73 Å². The van der Waals surface area contributed by atoms with Gasteiger partial charge in [-0.25, -0.2) is 0 Å². The van der Waals surface area contributed by atoms with E-state index in [-0.39, 0.29) is 17.7 Å². The Hall–Kier alpha value is -1.53. The first-order valence-corrected chi connectivity index (χ1v) is 7.43. The van der Waals surface area contributed by atoms with Gasteiger partial charge in [0.25, 0.3) is 5.22 Å². The standard InChI is InChI=1S/C13H14ClN3O2S/c1-8(2)15-11(18)7-20-13-17-16-12(19-13)9-5-3-4-6-10(9)14/h3-6,8H,7H2,1-2H3,(H,15,18). The van der Waals surface area contributed by atoms with Crippen LogP contribution in [0.2, 0.25) is 5.02 Å². The molecule has 0 spiro atoms. The summed E-state index contributed by atoms with van der Waals surface area (Å²) in [6, 6.07) is 7.34. The van der Waals surface area contributed by atoms with Crippen molar-refractivity contribution < 1.29 is 9.21 Å². The van der Waals surface area contributed by atoms with Crippen LogP contribution in [-0.2, 0) is 4.79 Å². The fraction of sp³-hybridized carbons (Fsp3) is 0.308. The van der Waals surface area contributed by atoms with Crippen molar-refractivity contribution in [3.8, 4) is 11.5 Å². The summed E-state index contributed by atoms with van der Waals surface area (Å²) in [6.45, 7) is 3.82. The molecule has 2 rings (SSSR count). The first kappa shape index (κ1) is 14.9. The Bertz CT molecular complexity index is 601. The zero-order valence-corrected chi connectivity index (χ0v) is 12.7. The van der Waals surface area contributed by atoms with E-state index >= 15 is 0 Å². The molecular formula is C13H14ClN3O2S. The van der Waals surface area contributed by atoms with Crippen LogP contribution in [-0.4, -0.2) is 27.9 Å². The molecule has 20 heavy (non-hydrogen) atoms.